The molecule has 0 aliphatic rings. The maximum absolute atomic E-state index is 13.6. The number of hydrogen-bond donors (Lipinski definition) is 2. The van der Waals surface area contributed by atoms with Gasteiger partial charge in [-0.3, -0.25) is 4.79 Å². The first-order valence-electron chi connectivity index (χ1n) is 7.44. The zero-order valence-corrected chi connectivity index (χ0v) is 13.2. The van der Waals surface area contributed by atoms with Gasteiger partial charge in [-0.2, -0.15) is 0 Å². The van der Waals surface area contributed by atoms with Crippen molar-refractivity contribution in [3.8, 4) is 5.75 Å². The highest BCUT2D eigenvalue weighted by Gasteiger charge is 2.18. The minimum Gasteiger partial charge on any atom is -0.497 e. The van der Waals surface area contributed by atoms with Gasteiger partial charge in [0.1, 0.15) is 11.6 Å². The minimum atomic E-state index is -1.67. The fraction of sp³-hybridized carbons (Fsp3) is 0.176. The second-order valence-electron chi connectivity index (χ2n) is 5.30. The van der Waals surface area contributed by atoms with Gasteiger partial charge >= 0.3 is 0 Å². The van der Waals surface area contributed by atoms with Crippen molar-refractivity contribution in [2.24, 2.45) is 0 Å². The number of hydrogen-bond acceptors (Lipinski definition) is 3. The van der Waals surface area contributed by atoms with E-state index >= 15 is 0 Å². The molecule has 5 nitrogen and oxygen atoms in total. The molecule has 0 fully saturated rings. The van der Waals surface area contributed by atoms with Crippen LogP contribution in [0.15, 0.2) is 30.3 Å². The summed E-state index contributed by atoms with van der Waals surface area (Å²) in [6.07, 6.45) is 0.355. The lowest BCUT2D eigenvalue weighted by Crippen LogP contribution is -2.27. The van der Waals surface area contributed by atoms with E-state index in [1.54, 1.807) is 25.3 Å². The number of aromatic nitrogens is 2. The lowest BCUT2D eigenvalue weighted by molar-refractivity contribution is 0.0948. The number of nitrogens with zero attached hydrogens (tertiary/aromatic N) is 1. The first-order valence-corrected chi connectivity index (χ1v) is 7.44. The third-order valence-corrected chi connectivity index (χ3v) is 3.67. The number of rotatable bonds is 5. The topological polar surface area (TPSA) is 67.0 Å². The summed E-state index contributed by atoms with van der Waals surface area (Å²) >= 11 is 0. The summed E-state index contributed by atoms with van der Waals surface area (Å²) in [4.78, 5) is 19.3. The maximum atomic E-state index is 13.6. The highest BCUT2D eigenvalue weighted by Crippen LogP contribution is 2.19. The highest BCUT2D eigenvalue weighted by molar-refractivity contribution is 5.94. The Balaban J connectivity index is 1.65. The van der Waals surface area contributed by atoms with Crippen molar-refractivity contribution in [2.75, 3.05) is 13.7 Å². The lowest BCUT2D eigenvalue weighted by atomic mass is 10.2. The molecule has 130 valence electrons. The van der Waals surface area contributed by atoms with Crippen molar-refractivity contribution in [2.45, 2.75) is 6.42 Å². The third kappa shape index (κ3) is 3.42. The van der Waals surface area contributed by atoms with Gasteiger partial charge < -0.3 is 15.0 Å². The lowest BCUT2D eigenvalue weighted by Gasteiger charge is -2.06. The van der Waals surface area contributed by atoms with Crippen LogP contribution in [0.2, 0.25) is 0 Å². The first kappa shape index (κ1) is 16.8. The number of imidazole rings is 1. The zero-order valence-electron chi connectivity index (χ0n) is 13.2. The SMILES string of the molecule is COc1ccc2nc(CCNC(=O)c3ccc(F)c(F)c3F)[nH]c2c1. The molecule has 3 aromatic rings. The van der Waals surface area contributed by atoms with Crippen molar-refractivity contribution in [1.82, 2.24) is 15.3 Å². The van der Waals surface area contributed by atoms with Gasteiger partial charge in [-0.1, -0.05) is 0 Å². The number of benzene rings is 2. The van der Waals surface area contributed by atoms with E-state index in [0.29, 0.717) is 24.1 Å². The molecule has 1 heterocycles. The van der Waals surface area contributed by atoms with E-state index in [4.69, 9.17) is 4.74 Å². The Morgan fingerprint density at radius 2 is 2.00 bits per heavy atom. The van der Waals surface area contributed by atoms with Crippen molar-refractivity contribution >= 4 is 16.9 Å². The van der Waals surface area contributed by atoms with E-state index in [1.165, 1.54) is 0 Å². The van der Waals surface area contributed by atoms with Crippen LogP contribution in [0.25, 0.3) is 11.0 Å². The largest absolute Gasteiger partial charge is 0.497 e. The molecule has 1 aromatic heterocycles. The van der Waals surface area contributed by atoms with Crippen LogP contribution < -0.4 is 10.1 Å². The first-order chi connectivity index (χ1) is 12.0. The summed E-state index contributed by atoms with van der Waals surface area (Å²) in [5, 5.41) is 2.45. The third-order valence-electron chi connectivity index (χ3n) is 3.67. The summed E-state index contributed by atoms with van der Waals surface area (Å²) < 4.78 is 44.7. The maximum Gasteiger partial charge on any atom is 0.254 e. The van der Waals surface area contributed by atoms with E-state index < -0.39 is 28.9 Å². The van der Waals surface area contributed by atoms with Crippen molar-refractivity contribution in [1.29, 1.82) is 0 Å². The van der Waals surface area contributed by atoms with Crippen LogP contribution in [0.3, 0.4) is 0 Å². The molecule has 2 aromatic carbocycles. The summed E-state index contributed by atoms with van der Waals surface area (Å²) in [5.74, 6) is -4.03. The van der Waals surface area contributed by atoms with E-state index in [-0.39, 0.29) is 6.54 Å². The fourth-order valence-corrected chi connectivity index (χ4v) is 2.38. The molecule has 0 unspecified atom stereocenters. The van der Waals surface area contributed by atoms with Crippen LogP contribution in [-0.2, 0) is 6.42 Å². The summed E-state index contributed by atoms with van der Waals surface area (Å²) in [6.45, 7) is 0.147. The Bertz CT molecular complexity index is 940. The predicted molar refractivity (Wildman–Crippen MR) is 85.0 cm³/mol. The number of amides is 1. The molecule has 0 saturated heterocycles. The summed E-state index contributed by atoms with van der Waals surface area (Å²) in [5.41, 5.74) is 0.981. The zero-order chi connectivity index (χ0) is 18.0. The van der Waals surface area contributed by atoms with Crippen LogP contribution in [0.1, 0.15) is 16.2 Å². The number of carbonyl (C=O) groups excluding carboxylic acids is 1. The number of aromatic amines is 1. The van der Waals surface area contributed by atoms with Crippen LogP contribution in [0.4, 0.5) is 13.2 Å². The van der Waals surface area contributed by atoms with Crippen LogP contribution in [-0.4, -0.2) is 29.5 Å². The van der Waals surface area contributed by atoms with Crippen molar-refractivity contribution < 1.29 is 22.7 Å². The number of methoxy groups -OCH3 is 1. The molecule has 3 rings (SSSR count). The average molecular weight is 349 g/mol. The molecule has 0 radical (unpaired) electrons. The summed E-state index contributed by atoms with van der Waals surface area (Å²) in [6, 6.07) is 6.97. The minimum absolute atomic E-state index is 0.147. The Morgan fingerprint density at radius 3 is 2.76 bits per heavy atom. The Hall–Kier alpha value is -3.03. The van der Waals surface area contributed by atoms with Gasteiger partial charge in [0.2, 0.25) is 0 Å². The fourth-order valence-electron chi connectivity index (χ4n) is 2.38. The van der Waals surface area contributed by atoms with E-state index in [0.717, 1.165) is 17.1 Å². The number of carbonyl (C=O) groups is 1. The molecule has 0 aliphatic carbocycles. The molecule has 8 heteroatoms. The number of H-pyrrole nitrogens is 1. The van der Waals surface area contributed by atoms with Crippen molar-refractivity contribution in [3.05, 3.63) is 59.2 Å². The van der Waals surface area contributed by atoms with E-state index in [9.17, 15) is 18.0 Å². The molecular formula is C17H14F3N3O2. The van der Waals surface area contributed by atoms with Gasteiger partial charge in [0.15, 0.2) is 17.5 Å². The van der Waals surface area contributed by atoms with Crippen LogP contribution in [0.5, 0.6) is 5.75 Å². The Labute approximate surface area is 140 Å². The van der Waals surface area contributed by atoms with Gasteiger partial charge in [0.25, 0.3) is 5.91 Å². The number of nitrogens with one attached hydrogen (secondary N) is 2. The van der Waals surface area contributed by atoms with Crippen LogP contribution in [0, 0.1) is 17.5 Å². The molecule has 0 spiro atoms. The second kappa shape index (κ2) is 6.84. The molecule has 0 aliphatic heterocycles. The monoisotopic (exact) mass is 349 g/mol. The molecule has 0 bridgehead atoms. The van der Waals surface area contributed by atoms with E-state index in [2.05, 4.69) is 15.3 Å². The molecule has 2 N–H and O–H groups in total. The van der Waals surface area contributed by atoms with Gasteiger partial charge in [-0.05, 0) is 24.3 Å². The molecule has 0 atom stereocenters. The van der Waals surface area contributed by atoms with E-state index in [1.807, 2.05) is 0 Å². The predicted octanol–water partition coefficient (Wildman–Crippen LogP) is 2.96. The Morgan fingerprint density at radius 1 is 1.20 bits per heavy atom. The smallest absolute Gasteiger partial charge is 0.254 e. The number of ether oxygens (including phenoxy) is 1. The van der Waals surface area contributed by atoms with Gasteiger partial charge in [-0.15, -0.1) is 0 Å². The van der Waals surface area contributed by atoms with Crippen LogP contribution >= 0.6 is 0 Å². The normalized spacial score (nSPS) is 10.9. The van der Waals surface area contributed by atoms with Crippen molar-refractivity contribution in [3.63, 3.8) is 0 Å². The quantitative estimate of drug-likeness (QED) is 0.696. The number of fused-ring (bicyclic) bond motifs is 1. The number of halogens is 3. The summed E-state index contributed by atoms with van der Waals surface area (Å²) in [7, 11) is 1.56. The van der Waals surface area contributed by atoms with Gasteiger partial charge in [0, 0.05) is 19.0 Å². The Kier molecular flexibility index (Phi) is 4.60. The molecule has 25 heavy (non-hydrogen) atoms. The highest BCUT2D eigenvalue weighted by atomic mass is 19.2. The molecule has 1 amide bonds. The van der Waals surface area contributed by atoms with Gasteiger partial charge in [0.05, 0.1) is 23.7 Å². The molecule has 0 saturated carbocycles. The molecular weight excluding hydrogens is 335 g/mol. The standard InChI is InChI=1S/C17H14F3N3O2/c1-25-9-2-5-12-13(8-9)23-14(22-12)6-7-21-17(24)10-3-4-11(18)16(20)15(10)19/h2-5,8H,6-7H2,1H3,(H,21,24)(H,22,23). The average Bonchev–Trinajstić information content (AvgIpc) is 3.01. The van der Waals surface area contributed by atoms with Gasteiger partial charge in [-0.25, -0.2) is 18.2 Å². The second-order valence-corrected chi connectivity index (χ2v) is 5.30.